The second-order valence-corrected chi connectivity index (χ2v) is 3.70. The zero-order chi connectivity index (χ0) is 12.3. The van der Waals surface area contributed by atoms with Crippen LogP contribution in [0.4, 0.5) is 5.69 Å². The maximum atomic E-state index is 11.2. The number of carbonyl (C=O) groups excluding carboxylic acids is 2. The predicted molar refractivity (Wildman–Crippen MR) is 62.2 cm³/mol. The van der Waals surface area contributed by atoms with Crippen molar-refractivity contribution in [1.82, 2.24) is 0 Å². The molecule has 86 valence electrons. The molecule has 0 fully saturated rings. The van der Waals surface area contributed by atoms with Gasteiger partial charge in [-0.1, -0.05) is 11.6 Å². The Morgan fingerprint density at radius 3 is 2.62 bits per heavy atom. The number of carbonyl (C=O) groups is 2. The van der Waals surface area contributed by atoms with E-state index in [9.17, 15) is 9.59 Å². The highest BCUT2D eigenvalue weighted by atomic mass is 35.5. The molecule has 0 N–H and O–H groups in total. The van der Waals surface area contributed by atoms with E-state index in [-0.39, 0.29) is 6.29 Å². The summed E-state index contributed by atoms with van der Waals surface area (Å²) in [6, 6.07) is 3.31. The van der Waals surface area contributed by atoms with Gasteiger partial charge in [-0.05, 0) is 24.6 Å². The minimum absolute atomic E-state index is 0.261. The minimum Gasteiger partial charge on any atom is -0.495 e. The summed E-state index contributed by atoms with van der Waals surface area (Å²) in [6.07, 6.45) is 0.261. The smallest absolute Gasteiger partial charge is 0.290 e. The fourth-order valence-corrected chi connectivity index (χ4v) is 1.60. The maximum absolute atomic E-state index is 11.2. The summed E-state index contributed by atoms with van der Waals surface area (Å²) in [5, 5.41) is 0.397. The highest BCUT2D eigenvalue weighted by Crippen LogP contribution is 2.32. The van der Waals surface area contributed by atoms with Crippen LogP contribution in [0, 0.1) is 6.92 Å². The Kier molecular flexibility index (Phi) is 3.90. The molecule has 1 aromatic carbocycles. The van der Waals surface area contributed by atoms with E-state index in [0.29, 0.717) is 16.5 Å². The van der Waals surface area contributed by atoms with Gasteiger partial charge in [0.05, 0.1) is 12.1 Å². The summed E-state index contributed by atoms with van der Waals surface area (Å²) in [7, 11) is 3.03. The number of benzene rings is 1. The van der Waals surface area contributed by atoms with Gasteiger partial charge in [-0.3, -0.25) is 9.59 Å². The second kappa shape index (κ2) is 4.99. The molecule has 0 saturated heterocycles. The minimum atomic E-state index is -0.621. The predicted octanol–water partition coefficient (Wildman–Crippen LogP) is 1.82. The summed E-state index contributed by atoms with van der Waals surface area (Å²) in [5.74, 6) is -0.0841. The molecule has 0 aliphatic carbocycles. The summed E-state index contributed by atoms with van der Waals surface area (Å²) in [6.45, 7) is 1.81. The van der Waals surface area contributed by atoms with Crippen LogP contribution in [0.1, 0.15) is 5.56 Å². The SMILES string of the molecule is COc1cc(C)c(N(C)C(=O)C=O)cc1Cl. The number of hydrogen-bond acceptors (Lipinski definition) is 3. The zero-order valence-electron chi connectivity index (χ0n) is 9.28. The Bertz CT molecular complexity index is 431. The molecule has 1 rings (SSSR count). The number of hydrogen-bond donors (Lipinski definition) is 0. The highest BCUT2D eigenvalue weighted by molar-refractivity contribution is 6.33. The molecule has 1 aromatic rings. The van der Waals surface area contributed by atoms with Crippen LogP contribution in [0.3, 0.4) is 0 Å². The number of nitrogens with zero attached hydrogens (tertiary/aromatic N) is 1. The van der Waals surface area contributed by atoms with Crippen LogP contribution in [0.5, 0.6) is 5.75 Å². The first-order chi connectivity index (χ1) is 7.51. The number of anilines is 1. The van der Waals surface area contributed by atoms with E-state index in [1.807, 2.05) is 6.92 Å². The average Bonchev–Trinajstić information content (AvgIpc) is 2.29. The number of aldehydes is 1. The third-order valence-electron chi connectivity index (χ3n) is 2.26. The van der Waals surface area contributed by atoms with Crippen molar-refractivity contribution >= 4 is 29.5 Å². The van der Waals surface area contributed by atoms with Crippen molar-refractivity contribution in [3.8, 4) is 5.75 Å². The van der Waals surface area contributed by atoms with E-state index in [2.05, 4.69) is 0 Å². The summed E-state index contributed by atoms with van der Waals surface area (Å²) in [4.78, 5) is 22.8. The van der Waals surface area contributed by atoms with Crippen LogP contribution < -0.4 is 9.64 Å². The molecule has 1 amide bonds. The Morgan fingerprint density at radius 1 is 1.50 bits per heavy atom. The molecule has 0 heterocycles. The molecule has 0 saturated carbocycles. The molecule has 0 aliphatic heterocycles. The zero-order valence-corrected chi connectivity index (χ0v) is 10.0. The number of likely N-dealkylation sites (N-methyl/N-ethyl adjacent to an activating group) is 1. The van der Waals surface area contributed by atoms with Crippen LogP contribution in [0.2, 0.25) is 5.02 Å². The molecule has 16 heavy (non-hydrogen) atoms. The van der Waals surface area contributed by atoms with Crippen molar-refractivity contribution < 1.29 is 14.3 Å². The van der Waals surface area contributed by atoms with Crippen LogP contribution in [0.15, 0.2) is 12.1 Å². The van der Waals surface area contributed by atoms with Crippen molar-refractivity contribution in [2.75, 3.05) is 19.1 Å². The summed E-state index contributed by atoms with van der Waals surface area (Å²) >= 11 is 5.94. The Hall–Kier alpha value is -1.55. The third kappa shape index (κ3) is 2.33. The third-order valence-corrected chi connectivity index (χ3v) is 2.56. The van der Waals surface area contributed by atoms with Gasteiger partial charge in [0, 0.05) is 12.7 Å². The van der Waals surface area contributed by atoms with Crippen LogP contribution >= 0.6 is 11.6 Å². The first kappa shape index (κ1) is 12.5. The van der Waals surface area contributed by atoms with Crippen LogP contribution in [0.25, 0.3) is 0 Å². The fraction of sp³-hybridized carbons (Fsp3) is 0.273. The summed E-state index contributed by atoms with van der Waals surface area (Å²) in [5.41, 5.74) is 1.39. The summed E-state index contributed by atoms with van der Waals surface area (Å²) < 4.78 is 5.04. The second-order valence-electron chi connectivity index (χ2n) is 3.29. The number of amides is 1. The topological polar surface area (TPSA) is 46.6 Å². The van der Waals surface area contributed by atoms with Gasteiger partial charge >= 0.3 is 0 Å². The Balaban J connectivity index is 3.20. The lowest BCUT2D eigenvalue weighted by atomic mass is 10.1. The number of aryl methyl sites for hydroxylation is 1. The molecule has 0 atom stereocenters. The lowest BCUT2D eigenvalue weighted by Crippen LogP contribution is -2.27. The van der Waals surface area contributed by atoms with Crippen LogP contribution in [-0.4, -0.2) is 26.4 Å². The first-order valence-electron chi connectivity index (χ1n) is 4.58. The van der Waals surface area contributed by atoms with Crippen molar-refractivity contribution in [3.05, 3.63) is 22.7 Å². The maximum Gasteiger partial charge on any atom is 0.290 e. The number of halogens is 1. The van der Waals surface area contributed by atoms with Gasteiger partial charge in [-0.2, -0.15) is 0 Å². The fourth-order valence-electron chi connectivity index (χ4n) is 1.36. The molecule has 0 bridgehead atoms. The molecule has 5 heteroatoms. The Morgan fingerprint density at radius 2 is 2.12 bits per heavy atom. The van der Waals surface area contributed by atoms with Crippen molar-refractivity contribution in [3.63, 3.8) is 0 Å². The van der Waals surface area contributed by atoms with E-state index in [4.69, 9.17) is 16.3 Å². The highest BCUT2D eigenvalue weighted by Gasteiger charge is 2.14. The van der Waals surface area contributed by atoms with Gasteiger partial charge in [-0.25, -0.2) is 0 Å². The molecule has 0 aromatic heterocycles. The van der Waals surface area contributed by atoms with Gasteiger partial charge < -0.3 is 9.64 Å². The molecule has 0 radical (unpaired) electrons. The molecular weight excluding hydrogens is 230 g/mol. The molecule has 0 aliphatic rings. The lowest BCUT2D eigenvalue weighted by Gasteiger charge is -2.18. The molecular formula is C11H12ClNO3. The van der Waals surface area contributed by atoms with Crippen LogP contribution in [-0.2, 0) is 9.59 Å². The van der Waals surface area contributed by atoms with E-state index in [1.54, 1.807) is 12.1 Å². The number of methoxy groups -OCH3 is 1. The van der Waals surface area contributed by atoms with Gasteiger partial charge in [0.1, 0.15) is 5.75 Å². The van der Waals surface area contributed by atoms with Gasteiger partial charge in [0.15, 0.2) is 0 Å². The van der Waals surface area contributed by atoms with E-state index in [0.717, 1.165) is 5.56 Å². The van der Waals surface area contributed by atoms with Gasteiger partial charge in [0.25, 0.3) is 5.91 Å². The number of ether oxygens (including phenoxy) is 1. The Labute approximate surface area is 98.8 Å². The van der Waals surface area contributed by atoms with Crippen molar-refractivity contribution in [2.45, 2.75) is 6.92 Å². The quantitative estimate of drug-likeness (QED) is 0.599. The molecule has 0 spiro atoms. The monoisotopic (exact) mass is 241 g/mol. The van der Waals surface area contributed by atoms with Gasteiger partial charge in [0.2, 0.25) is 6.29 Å². The average molecular weight is 242 g/mol. The van der Waals surface area contributed by atoms with E-state index in [1.165, 1.54) is 19.1 Å². The standard InChI is InChI=1S/C11H12ClNO3/c1-7-4-10(16-3)8(12)5-9(7)13(2)11(15)6-14/h4-6H,1-3H3. The lowest BCUT2D eigenvalue weighted by molar-refractivity contribution is -0.129. The van der Waals surface area contributed by atoms with Gasteiger partial charge in [-0.15, -0.1) is 0 Å². The normalized spacial score (nSPS) is 9.75. The van der Waals surface area contributed by atoms with E-state index < -0.39 is 5.91 Å². The molecule has 0 unspecified atom stereocenters. The largest absolute Gasteiger partial charge is 0.495 e. The molecule has 4 nitrogen and oxygen atoms in total. The van der Waals surface area contributed by atoms with E-state index >= 15 is 0 Å². The first-order valence-corrected chi connectivity index (χ1v) is 4.96. The van der Waals surface area contributed by atoms with Crippen molar-refractivity contribution in [1.29, 1.82) is 0 Å². The number of rotatable bonds is 3. The van der Waals surface area contributed by atoms with Crippen molar-refractivity contribution in [2.24, 2.45) is 0 Å².